The van der Waals surface area contributed by atoms with E-state index in [2.05, 4.69) is 14.9 Å². The van der Waals surface area contributed by atoms with Gasteiger partial charge in [-0.25, -0.2) is 17.5 Å². The number of halogens is 1. The smallest absolute Gasteiger partial charge is 0.240 e. The number of hydrogen-bond acceptors (Lipinski definition) is 3. The molecule has 1 aliphatic carbocycles. The quantitative estimate of drug-likeness (QED) is 0.772. The summed E-state index contributed by atoms with van der Waals surface area (Å²) in [5.41, 5.74) is 1.84. The molecule has 1 fully saturated rings. The predicted octanol–water partition coefficient (Wildman–Crippen LogP) is 2.81. The minimum Gasteiger partial charge on any atom is -0.277 e. The van der Waals surface area contributed by atoms with Crippen molar-refractivity contribution in [2.24, 2.45) is 0 Å². The Labute approximate surface area is 132 Å². The molecule has 2 aromatic carbocycles. The van der Waals surface area contributed by atoms with Crippen LogP contribution in [0.5, 0.6) is 0 Å². The molecule has 0 radical (unpaired) electrons. The van der Waals surface area contributed by atoms with Crippen LogP contribution < -0.4 is 4.72 Å². The average molecular weight is 331 g/mol. The van der Waals surface area contributed by atoms with Gasteiger partial charge in [0.2, 0.25) is 10.0 Å². The Hall–Kier alpha value is -2.25. The van der Waals surface area contributed by atoms with Crippen LogP contribution in [0.15, 0.2) is 47.4 Å². The summed E-state index contributed by atoms with van der Waals surface area (Å²) in [6, 6.07) is 11.0. The Balaban J connectivity index is 1.78. The van der Waals surface area contributed by atoms with Crippen LogP contribution in [0, 0.1) is 5.82 Å². The number of benzene rings is 2. The van der Waals surface area contributed by atoms with Crippen molar-refractivity contribution in [1.82, 2.24) is 14.9 Å². The lowest BCUT2D eigenvalue weighted by atomic mass is 10.1. The molecule has 0 bridgehead atoms. The van der Waals surface area contributed by atoms with E-state index in [0.29, 0.717) is 16.8 Å². The van der Waals surface area contributed by atoms with Crippen LogP contribution in [-0.4, -0.2) is 24.7 Å². The molecule has 0 aliphatic heterocycles. The lowest BCUT2D eigenvalue weighted by molar-refractivity contribution is 0.581. The molecule has 5 nitrogen and oxygen atoms in total. The summed E-state index contributed by atoms with van der Waals surface area (Å²) >= 11 is 0. The molecule has 7 heteroatoms. The van der Waals surface area contributed by atoms with Crippen molar-refractivity contribution < 1.29 is 12.8 Å². The van der Waals surface area contributed by atoms with Crippen LogP contribution in [0.4, 0.5) is 4.39 Å². The Bertz CT molecular complexity index is 993. The molecule has 118 valence electrons. The molecule has 1 heterocycles. The fourth-order valence-corrected chi connectivity index (χ4v) is 3.86. The molecule has 0 amide bonds. The van der Waals surface area contributed by atoms with Crippen LogP contribution >= 0.6 is 0 Å². The number of fused-ring (bicyclic) bond motifs is 1. The van der Waals surface area contributed by atoms with Crippen LogP contribution in [0.25, 0.3) is 22.2 Å². The maximum Gasteiger partial charge on any atom is 0.240 e. The Kier molecular flexibility index (Phi) is 3.21. The van der Waals surface area contributed by atoms with E-state index in [9.17, 15) is 12.8 Å². The molecule has 2 N–H and O–H groups in total. The average Bonchev–Trinajstić information content (AvgIpc) is 3.23. The molecular weight excluding hydrogens is 317 g/mol. The van der Waals surface area contributed by atoms with Crippen LogP contribution in [-0.2, 0) is 10.0 Å². The third kappa shape index (κ3) is 2.73. The van der Waals surface area contributed by atoms with Gasteiger partial charge in [0.05, 0.1) is 16.1 Å². The standard InChI is InChI=1S/C16H14FN3O2S/c17-11-4-7-14-15(9-11)18-19-16(14)10-2-1-3-13(8-10)23(21,22)20-12-5-6-12/h1-4,7-9,12,20H,5-6H2,(H,18,19). The molecule has 0 atom stereocenters. The van der Waals surface area contributed by atoms with Crippen LogP contribution in [0.3, 0.4) is 0 Å². The van der Waals surface area contributed by atoms with E-state index in [4.69, 9.17) is 0 Å². The van der Waals surface area contributed by atoms with Gasteiger partial charge in [-0.05, 0) is 43.2 Å². The van der Waals surface area contributed by atoms with E-state index in [1.54, 1.807) is 30.3 Å². The molecule has 0 spiro atoms. The normalized spacial score (nSPS) is 15.2. The van der Waals surface area contributed by atoms with Crippen LogP contribution in [0.1, 0.15) is 12.8 Å². The molecular formula is C16H14FN3O2S. The van der Waals surface area contributed by atoms with Gasteiger partial charge < -0.3 is 0 Å². The first-order valence-corrected chi connectivity index (χ1v) is 8.78. The zero-order valence-electron chi connectivity index (χ0n) is 12.1. The molecule has 1 aliphatic rings. The molecule has 3 aromatic rings. The van der Waals surface area contributed by atoms with E-state index >= 15 is 0 Å². The zero-order chi connectivity index (χ0) is 16.0. The van der Waals surface area contributed by atoms with E-state index in [1.807, 2.05) is 0 Å². The second-order valence-corrected chi connectivity index (χ2v) is 7.40. The molecule has 23 heavy (non-hydrogen) atoms. The summed E-state index contributed by atoms with van der Waals surface area (Å²) in [7, 11) is -3.52. The Morgan fingerprint density at radius 2 is 2.00 bits per heavy atom. The summed E-state index contributed by atoms with van der Waals surface area (Å²) in [5.74, 6) is -0.349. The molecule has 1 saturated carbocycles. The van der Waals surface area contributed by atoms with E-state index < -0.39 is 10.0 Å². The van der Waals surface area contributed by atoms with Gasteiger partial charge in [-0.15, -0.1) is 0 Å². The van der Waals surface area contributed by atoms with Crippen molar-refractivity contribution in [3.63, 3.8) is 0 Å². The first-order chi connectivity index (χ1) is 11.0. The maximum absolute atomic E-state index is 13.3. The van der Waals surface area contributed by atoms with Crippen molar-refractivity contribution >= 4 is 20.9 Å². The SMILES string of the molecule is O=S(=O)(NC1CC1)c1cccc(-c2n[nH]c3cc(F)ccc23)c1. The number of nitrogens with one attached hydrogen (secondary N) is 2. The van der Waals surface area contributed by atoms with Crippen molar-refractivity contribution in [3.05, 3.63) is 48.3 Å². The van der Waals surface area contributed by atoms with Crippen molar-refractivity contribution in [3.8, 4) is 11.3 Å². The number of rotatable bonds is 4. The summed E-state index contributed by atoms with van der Waals surface area (Å²) < 4.78 is 40.6. The molecule has 4 rings (SSSR count). The third-order valence-corrected chi connectivity index (χ3v) is 5.36. The van der Waals surface area contributed by atoms with Crippen molar-refractivity contribution in [2.75, 3.05) is 0 Å². The fourth-order valence-electron chi connectivity index (χ4n) is 2.51. The second kappa shape index (κ2) is 5.14. The number of aromatic amines is 1. The highest BCUT2D eigenvalue weighted by atomic mass is 32.2. The van der Waals surface area contributed by atoms with Gasteiger partial charge in [0.15, 0.2) is 0 Å². The van der Waals surface area contributed by atoms with Gasteiger partial charge in [-0.1, -0.05) is 12.1 Å². The number of aromatic nitrogens is 2. The fraction of sp³-hybridized carbons (Fsp3) is 0.188. The largest absolute Gasteiger partial charge is 0.277 e. The van der Waals surface area contributed by atoms with Gasteiger partial charge in [0.25, 0.3) is 0 Å². The van der Waals surface area contributed by atoms with E-state index in [0.717, 1.165) is 18.2 Å². The van der Waals surface area contributed by atoms with Gasteiger partial charge in [0.1, 0.15) is 5.82 Å². The van der Waals surface area contributed by atoms with Gasteiger partial charge >= 0.3 is 0 Å². The monoisotopic (exact) mass is 331 g/mol. The minimum atomic E-state index is -3.52. The first kappa shape index (κ1) is 14.3. The molecule has 0 unspecified atom stereocenters. The summed E-state index contributed by atoms with van der Waals surface area (Å²) in [6.07, 6.45) is 1.77. The van der Waals surface area contributed by atoms with Crippen LogP contribution in [0.2, 0.25) is 0 Å². The van der Waals surface area contributed by atoms with Gasteiger partial charge in [-0.2, -0.15) is 5.10 Å². The molecule has 1 aromatic heterocycles. The van der Waals surface area contributed by atoms with E-state index in [1.165, 1.54) is 12.1 Å². The van der Waals surface area contributed by atoms with Crippen molar-refractivity contribution in [2.45, 2.75) is 23.8 Å². The number of nitrogens with zero attached hydrogens (tertiary/aromatic N) is 1. The lowest BCUT2D eigenvalue weighted by Gasteiger charge is -2.07. The molecule has 0 saturated heterocycles. The highest BCUT2D eigenvalue weighted by molar-refractivity contribution is 7.89. The first-order valence-electron chi connectivity index (χ1n) is 7.29. The van der Waals surface area contributed by atoms with Gasteiger partial charge in [-0.3, -0.25) is 5.10 Å². The summed E-state index contributed by atoms with van der Waals surface area (Å²) in [4.78, 5) is 0.208. The Morgan fingerprint density at radius 1 is 1.17 bits per heavy atom. The number of H-pyrrole nitrogens is 1. The Morgan fingerprint density at radius 3 is 2.78 bits per heavy atom. The minimum absolute atomic E-state index is 0.0536. The van der Waals surface area contributed by atoms with Gasteiger partial charge in [0, 0.05) is 17.0 Å². The topological polar surface area (TPSA) is 74.8 Å². The number of hydrogen-bond donors (Lipinski definition) is 2. The highest BCUT2D eigenvalue weighted by Crippen LogP contribution is 2.29. The van der Waals surface area contributed by atoms with E-state index in [-0.39, 0.29) is 16.8 Å². The third-order valence-electron chi connectivity index (χ3n) is 3.84. The summed E-state index contributed by atoms with van der Waals surface area (Å²) in [6.45, 7) is 0. The zero-order valence-corrected chi connectivity index (χ0v) is 12.9. The summed E-state index contributed by atoms with van der Waals surface area (Å²) in [5, 5.41) is 7.72. The highest BCUT2D eigenvalue weighted by Gasteiger charge is 2.28. The second-order valence-electron chi connectivity index (χ2n) is 5.69. The van der Waals surface area contributed by atoms with Crippen molar-refractivity contribution in [1.29, 1.82) is 0 Å². The predicted molar refractivity (Wildman–Crippen MR) is 84.8 cm³/mol. The maximum atomic E-state index is 13.3. The lowest BCUT2D eigenvalue weighted by Crippen LogP contribution is -2.25. The number of sulfonamides is 1.